The van der Waals surface area contributed by atoms with Crippen molar-refractivity contribution in [1.29, 1.82) is 0 Å². The van der Waals surface area contributed by atoms with Crippen molar-refractivity contribution in [3.05, 3.63) is 23.0 Å². The quantitative estimate of drug-likeness (QED) is 0.834. The van der Waals surface area contributed by atoms with Gasteiger partial charge >= 0.3 is 0 Å². The van der Waals surface area contributed by atoms with Crippen LogP contribution in [0.4, 0.5) is 11.1 Å². The van der Waals surface area contributed by atoms with Gasteiger partial charge in [-0.25, -0.2) is 9.97 Å². The van der Waals surface area contributed by atoms with Gasteiger partial charge in [0.25, 0.3) is 0 Å². The Bertz CT molecular complexity index is 495. The van der Waals surface area contributed by atoms with E-state index in [4.69, 9.17) is 0 Å². The van der Waals surface area contributed by atoms with Crippen LogP contribution in [0.15, 0.2) is 12.4 Å². The zero-order valence-corrected chi connectivity index (χ0v) is 10.0. The molecule has 3 heterocycles. The third-order valence-corrected chi connectivity index (χ3v) is 4.05. The summed E-state index contributed by atoms with van der Waals surface area (Å²) in [6.07, 6.45) is 3.81. The van der Waals surface area contributed by atoms with E-state index < -0.39 is 0 Å². The Morgan fingerprint density at radius 1 is 1.62 bits per heavy atom. The lowest BCUT2D eigenvalue weighted by molar-refractivity contribution is 0.688. The summed E-state index contributed by atoms with van der Waals surface area (Å²) in [6, 6.07) is 0.309. The van der Waals surface area contributed by atoms with E-state index in [1.165, 1.54) is 4.88 Å². The number of thiazole rings is 1. The van der Waals surface area contributed by atoms with E-state index in [0.29, 0.717) is 6.04 Å². The van der Waals surface area contributed by atoms with Crippen LogP contribution in [0, 0.1) is 6.92 Å². The number of nitrogens with one attached hydrogen (secondary N) is 2. The molecule has 0 aliphatic carbocycles. The zero-order valence-electron chi connectivity index (χ0n) is 9.19. The standard InChI is InChI=1S/C10H13N5S/c1-6-8(16-10(11-2)13-6)7-5-15-4-3-12-9(15)14-7/h3-4,7H,5H2,1-2H3,(H,11,13)(H,12,14). The van der Waals surface area contributed by atoms with Gasteiger partial charge in [-0.2, -0.15) is 0 Å². The van der Waals surface area contributed by atoms with E-state index in [1.54, 1.807) is 11.3 Å². The summed E-state index contributed by atoms with van der Waals surface area (Å²) in [5.74, 6) is 0.948. The van der Waals surface area contributed by atoms with Crippen molar-refractivity contribution in [2.24, 2.45) is 0 Å². The summed E-state index contributed by atoms with van der Waals surface area (Å²) in [6.45, 7) is 2.98. The molecule has 1 unspecified atom stereocenters. The molecule has 6 heteroatoms. The Morgan fingerprint density at radius 3 is 3.19 bits per heavy atom. The van der Waals surface area contributed by atoms with Gasteiger partial charge in [-0.05, 0) is 6.92 Å². The van der Waals surface area contributed by atoms with Gasteiger partial charge in [0, 0.05) is 19.4 Å². The summed E-state index contributed by atoms with van der Waals surface area (Å²) in [5, 5.41) is 7.46. The Labute approximate surface area is 97.5 Å². The van der Waals surface area contributed by atoms with Gasteiger partial charge < -0.3 is 15.2 Å². The second-order valence-corrected chi connectivity index (χ2v) is 4.85. The lowest BCUT2D eigenvalue weighted by atomic mass is 10.2. The number of aryl methyl sites for hydroxylation is 1. The van der Waals surface area contributed by atoms with Crippen LogP contribution in [0.2, 0.25) is 0 Å². The van der Waals surface area contributed by atoms with Gasteiger partial charge in [0.1, 0.15) is 0 Å². The molecule has 2 aromatic rings. The van der Waals surface area contributed by atoms with E-state index in [1.807, 2.05) is 19.4 Å². The maximum atomic E-state index is 4.46. The molecular formula is C10H13N5S. The van der Waals surface area contributed by atoms with Crippen LogP contribution in [0.5, 0.6) is 0 Å². The highest BCUT2D eigenvalue weighted by molar-refractivity contribution is 7.15. The van der Waals surface area contributed by atoms with Crippen molar-refractivity contribution in [2.75, 3.05) is 17.7 Å². The zero-order chi connectivity index (χ0) is 11.1. The maximum Gasteiger partial charge on any atom is 0.203 e. The fourth-order valence-corrected chi connectivity index (χ4v) is 2.94. The molecule has 2 aromatic heterocycles. The smallest absolute Gasteiger partial charge is 0.203 e. The molecule has 1 aliphatic heterocycles. The number of nitrogens with zero attached hydrogens (tertiary/aromatic N) is 3. The molecule has 0 saturated carbocycles. The topological polar surface area (TPSA) is 54.8 Å². The van der Waals surface area contributed by atoms with E-state index >= 15 is 0 Å². The molecule has 0 bridgehead atoms. The van der Waals surface area contributed by atoms with Crippen LogP contribution in [-0.2, 0) is 6.54 Å². The molecule has 1 atom stereocenters. The van der Waals surface area contributed by atoms with E-state index in [2.05, 4.69) is 32.1 Å². The molecule has 0 fully saturated rings. The SMILES string of the molecule is CNc1nc(C)c(C2Cn3ccnc3N2)s1. The average molecular weight is 235 g/mol. The Hall–Kier alpha value is -1.56. The first-order valence-electron chi connectivity index (χ1n) is 5.20. The first-order valence-corrected chi connectivity index (χ1v) is 6.02. The predicted octanol–water partition coefficient (Wildman–Crippen LogP) is 1.86. The molecule has 84 valence electrons. The first kappa shape index (κ1) is 9.65. The van der Waals surface area contributed by atoms with Crippen LogP contribution in [-0.4, -0.2) is 21.6 Å². The normalized spacial score (nSPS) is 18.2. The van der Waals surface area contributed by atoms with Crippen LogP contribution in [0.1, 0.15) is 16.6 Å². The molecule has 16 heavy (non-hydrogen) atoms. The molecule has 3 rings (SSSR count). The fraction of sp³-hybridized carbons (Fsp3) is 0.400. The van der Waals surface area contributed by atoms with Crippen LogP contribution < -0.4 is 10.6 Å². The fourth-order valence-electron chi connectivity index (χ4n) is 1.98. The summed E-state index contributed by atoms with van der Waals surface area (Å²) in [5.41, 5.74) is 1.10. The minimum Gasteiger partial charge on any atom is -0.365 e. The molecule has 1 aliphatic rings. The highest BCUT2D eigenvalue weighted by Crippen LogP contribution is 2.34. The van der Waals surface area contributed by atoms with Crippen molar-refractivity contribution >= 4 is 22.4 Å². The molecule has 0 aromatic carbocycles. The van der Waals surface area contributed by atoms with Crippen LogP contribution in [0.25, 0.3) is 0 Å². The molecule has 0 amide bonds. The minimum atomic E-state index is 0.309. The van der Waals surface area contributed by atoms with Crippen molar-refractivity contribution in [3.63, 3.8) is 0 Å². The lowest BCUT2D eigenvalue weighted by Crippen LogP contribution is -2.06. The summed E-state index contributed by atoms with van der Waals surface area (Å²) in [7, 11) is 1.90. The second kappa shape index (κ2) is 3.48. The Kier molecular flexibility index (Phi) is 2.10. The summed E-state index contributed by atoms with van der Waals surface area (Å²) < 4.78 is 2.13. The van der Waals surface area contributed by atoms with E-state index in [9.17, 15) is 0 Å². The molecule has 0 saturated heterocycles. The van der Waals surface area contributed by atoms with Gasteiger partial charge in [0.2, 0.25) is 5.95 Å². The third-order valence-electron chi connectivity index (χ3n) is 2.76. The Morgan fingerprint density at radius 2 is 2.50 bits per heavy atom. The number of fused-ring (bicyclic) bond motifs is 1. The highest BCUT2D eigenvalue weighted by Gasteiger charge is 2.25. The van der Waals surface area contributed by atoms with Crippen LogP contribution in [0.3, 0.4) is 0 Å². The second-order valence-electron chi connectivity index (χ2n) is 3.82. The summed E-state index contributed by atoms with van der Waals surface area (Å²) >= 11 is 1.70. The van der Waals surface area contributed by atoms with Gasteiger partial charge in [0.15, 0.2) is 5.13 Å². The van der Waals surface area contributed by atoms with Gasteiger partial charge in [-0.1, -0.05) is 11.3 Å². The lowest BCUT2D eigenvalue weighted by Gasteiger charge is -2.07. The van der Waals surface area contributed by atoms with Crippen molar-refractivity contribution in [2.45, 2.75) is 19.5 Å². The summed E-state index contributed by atoms with van der Waals surface area (Å²) in [4.78, 5) is 10.00. The monoisotopic (exact) mass is 235 g/mol. The maximum absolute atomic E-state index is 4.46. The molecule has 0 spiro atoms. The number of rotatable bonds is 2. The minimum absolute atomic E-state index is 0.309. The average Bonchev–Trinajstić information content (AvgIpc) is 2.89. The number of hydrogen-bond donors (Lipinski definition) is 2. The number of hydrogen-bond acceptors (Lipinski definition) is 5. The highest BCUT2D eigenvalue weighted by atomic mass is 32.1. The number of imidazole rings is 1. The van der Waals surface area contributed by atoms with Gasteiger partial charge in [0.05, 0.1) is 23.2 Å². The molecule has 5 nitrogen and oxygen atoms in total. The van der Waals surface area contributed by atoms with Crippen molar-refractivity contribution in [1.82, 2.24) is 14.5 Å². The van der Waals surface area contributed by atoms with Crippen LogP contribution >= 0.6 is 11.3 Å². The molecule has 0 radical (unpaired) electrons. The van der Waals surface area contributed by atoms with E-state index in [0.717, 1.165) is 23.3 Å². The third kappa shape index (κ3) is 1.37. The largest absolute Gasteiger partial charge is 0.365 e. The number of aromatic nitrogens is 3. The number of anilines is 2. The van der Waals surface area contributed by atoms with E-state index in [-0.39, 0.29) is 0 Å². The first-order chi connectivity index (χ1) is 7.78. The molecule has 2 N–H and O–H groups in total. The van der Waals surface area contributed by atoms with Gasteiger partial charge in [-0.3, -0.25) is 0 Å². The Balaban J connectivity index is 1.89. The van der Waals surface area contributed by atoms with Crippen molar-refractivity contribution < 1.29 is 0 Å². The predicted molar refractivity (Wildman–Crippen MR) is 65.0 cm³/mol. The molecular weight excluding hydrogens is 222 g/mol. The van der Waals surface area contributed by atoms with Gasteiger partial charge in [-0.15, -0.1) is 0 Å². The van der Waals surface area contributed by atoms with Crippen molar-refractivity contribution in [3.8, 4) is 0 Å².